The van der Waals surface area contributed by atoms with Gasteiger partial charge in [-0.3, -0.25) is 0 Å². The Labute approximate surface area is 276 Å². The van der Waals surface area contributed by atoms with E-state index in [0.717, 1.165) is 42.4 Å². The highest BCUT2D eigenvalue weighted by Crippen LogP contribution is 2.42. The van der Waals surface area contributed by atoms with E-state index in [1.165, 1.54) is 18.2 Å². The normalized spacial score (nSPS) is 19.0. The Bertz CT molecular complexity index is 1980. The molecule has 1 atom stereocenters. The van der Waals surface area contributed by atoms with Gasteiger partial charge in [0.2, 0.25) is 5.82 Å². The molecule has 1 aliphatic heterocycles. The van der Waals surface area contributed by atoms with Crippen LogP contribution in [0.4, 0.5) is 13.2 Å². The summed E-state index contributed by atoms with van der Waals surface area (Å²) < 4.78 is 53.8. The molecular formula is C37H37F3N4O2S. The predicted octanol–water partition coefficient (Wildman–Crippen LogP) is 9.52. The fourth-order valence-electron chi connectivity index (χ4n) is 6.26. The van der Waals surface area contributed by atoms with Crippen LogP contribution in [0.2, 0.25) is 0 Å². The van der Waals surface area contributed by atoms with Gasteiger partial charge in [0, 0.05) is 36.4 Å². The number of nitrogens with zero attached hydrogens (tertiary/aromatic N) is 3. The van der Waals surface area contributed by atoms with Gasteiger partial charge in [0.05, 0.1) is 16.5 Å². The van der Waals surface area contributed by atoms with Crippen LogP contribution >= 0.6 is 11.8 Å². The number of halogens is 3. The molecule has 0 unspecified atom stereocenters. The third-order valence-corrected chi connectivity index (χ3v) is 10.3. The van der Waals surface area contributed by atoms with Crippen molar-refractivity contribution in [1.29, 1.82) is 0 Å². The maximum absolute atomic E-state index is 15.6. The number of rotatable bonds is 4. The number of thioether (sulfide) groups is 1. The number of aromatic amines is 1. The van der Waals surface area contributed by atoms with Crippen molar-refractivity contribution in [3.63, 3.8) is 0 Å². The van der Waals surface area contributed by atoms with Crippen LogP contribution in [-0.4, -0.2) is 31.8 Å². The summed E-state index contributed by atoms with van der Waals surface area (Å²) in [6.45, 7) is 6.54. The third-order valence-electron chi connectivity index (χ3n) is 9.00. The molecule has 5 aromatic rings. The minimum absolute atomic E-state index is 0.0469. The number of aldehydes is 1. The molecule has 1 aliphatic rings. The molecule has 1 N–H and O–H groups in total. The Balaban J connectivity index is 1.50. The standard InChI is InChI=1S/C37H37F3N4O2S/c1-36(2)15-7-16-37(3,24-10-5-8-23(20-24)9-6-18-45)35-42-34(44(4)43-35)28-21-25(11-12-29(28)38)46-33-27(14-19-47-22-36)26-13-17-41-32(26)30(39)31(33)40/h5,8,10-14,17-21,41H,6-7,9,15-16,22H2,1-4H3/b19-14+/t37-/m1/s1. The molecule has 0 saturated carbocycles. The molecule has 244 valence electrons. The van der Waals surface area contributed by atoms with Gasteiger partial charge in [-0.05, 0) is 78.5 Å². The number of carbonyl (C=O) groups is 1. The molecular weight excluding hydrogens is 621 g/mol. The molecule has 4 bridgehead atoms. The highest BCUT2D eigenvalue weighted by Gasteiger charge is 2.35. The van der Waals surface area contributed by atoms with Crippen LogP contribution in [-0.2, 0) is 23.7 Å². The maximum atomic E-state index is 15.6. The monoisotopic (exact) mass is 658 g/mol. The zero-order valence-corrected chi connectivity index (χ0v) is 27.7. The van der Waals surface area contributed by atoms with E-state index >= 15 is 13.2 Å². The summed E-state index contributed by atoms with van der Waals surface area (Å²) in [6, 6.07) is 13.9. The van der Waals surface area contributed by atoms with Crippen molar-refractivity contribution in [2.75, 3.05) is 5.75 Å². The van der Waals surface area contributed by atoms with Gasteiger partial charge in [0.1, 0.15) is 17.9 Å². The average Bonchev–Trinajstić information content (AvgIpc) is 3.70. The van der Waals surface area contributed by atoms with E-state index in [1.54, 1.807) is 41.8 Å². The number of fused-ring (bicyclic) bond motifs is 8. The van der Waals surface area contributed by atoms with Crippen molar-refractivity contribution in [2.24, 2.45) is 12.5 Å². The van der Waals surface area contributed by atoms with E-state index in [9.17, 15) is 4.79 Å². The second-order valence-electron chi connectivity index (χ2n) is 13.1. The summed E-state index contributed by atoms with van der Waals surface area (Å²) >= 11 is 1.60. The van der Waals surface area contributed by atoms with Gasteiger partial charge >= 0.3 is 0 Å². The topological polar surface area (TPSA) is 72.8 Å². The Kier molecular flexibility index (Phi) is 9.07. The van der Waals surface area contributed by atoms with Gasteiger partial charge in [-0.2, -0.15) is 9.49 Å². The average molecular weight is 659 g/mol. The zero-order chi connectivity index (χ0) is 33.3. The summed E-state index contributed by atoms with van der Waals surface area (Å²) in [5.41, 5.74) is 1.94. The molecule has 0 spiro atoms. The second kappa shape index (κ2) is 13.1. The fraction of sp³-hybridized carbons (Fsp3) is 0.324. The number of aromatic nitrogens is 4. The van der Waals surface area contributed by atoms with Gasteiger partial charge in [-0.25, -0.2) is 18.4 Å². The molecule has 3 heterocycles. The molecule has 10 heteroatoms. The predicted molar refractivity (Wildman–Crippen MR) is 181 cm³/mol. The molecule has 6 nitrogen and oxygen atoms in total. The number of aryl methyl sites for hydroxylation is 2. The number of benzene rings is 3. The SMILES string of the molecule is Cn1nc2nc1-c1cc(ccc1F)Oc1c(F)c(F)c3[nH]ccc3c1/C=C/SCC(C)(C)CCC[C@]2(C)c1cccc(CCC=O)c1. The quantitative estimate of drug-likeness (QED) is 0.195. The van der Waals surface area contributed by atoms with Crippen molar-refractivity contribution in [3.05, 3.63) is 100 Å². The fourth-order valence-corrected chi connectivity index (χ4v) is 7.19. The number of carbonyl (C=O) groups excluding carboxylic acids is 1. The lowest BCUT2D eigenvalue weighted by atomic mass is 9.75. The van der Waals surface area contributed by atoms with Crippen molar-refractivity contribution < 1.29 is 22.7 Å². The largest absolute Gasteiger partial charge is 0.453 e. The molecule has 47 heavy (non-hydrogen) atoms. The lowest BCUT2D eigenvalue weighted by Crippen LogP contribution is -2.27. The van der Waals surface area contributed by atoms with Crippen LogP contribution in [0.1, 0.15) is 69.0 Å². The van der Waals surface area contributed by atoms with Crippen molar-refractivity contribution in [2.45, 2.75) is 58.3 Å². The minimum Gasteiger partial charge on any atom is -0.453 e. The van der Waals surface area contributed by atoms with Crippen LogP contribution < -0.4 is 4.74 Å². The Morgan fingerprint density at radius 1 is 1.06 bits per heavy atom. The minimum atomic E-state index is -1.14. The van der Waals surface area contributed by atoms with E-state index < -0.39 is 22.9 Å². The summed E-state index contributed by atoms with van der Waals surface area (Å²) in [5.74, 6) is -1.31. The number of hydrogen-bond donors (Lipinski definition) is 1. The lowest BCUT2D eigenvalue weighted by Gasteiger charge is -2.30. The summed E-state index contributed by atoms with van der Waals surface area (Å²) in [7, 11) is 1.71. The third kappa shape index (κ3) is 6.48. The van der Waals surface area contributed by atoms with E-state index in [4.69, 9.17) is 14.8 Å². The van der Waals surface area contributed by atoms with E-state index in [-0.39, 0.29) is 33.8 Å². The molecule has 0 saturated heterocycles. The number of ether oxygens (including phenoxy) is 1. The molecule has 0 aliphatic carbocycles. The summed E-state index contributed by atoms with van der Waals surface area (Å²) in [4.78, 5) is 18.8. The Morgan fingerprint density at radius 3 is 2.70 bits per heavy atom. The smallest absolute Gasteiger partial charge is 0.204 e. The van der Waals surface area contributed by atoms with Gasteiger partial charge in [-0.1, -0.05) is 44.5 Å². The van der Waals surface area contributed by atoms with Gasteiger partial charge in [0.15, 0.2) is 23.2 Å². The molecule has 2 aromatic heterocycles. The van der Waals surface area contributed by atoms with E-state index in [2.05, 4.69) is 37.9 Å². The van der Waals surface area contributed by atoms with Crippen molar-refractivity contribution >= 4 is 35.0 Å². The molecule has 0 amide bonds. The Morgan fingerprint density at radius 2 is 1.89 bits per heavy atom. The molecule has 0 radical (unpaired) electrons. The van der Waals surface area contributed by atoms with Crippen molar-refractivity contribution in [3.8, 4) is 22.9 Å². The van der Waals surface area contributed by atoms with E-state index in [1.807, 2.05) is 17.5 Å². The second-order valence-corrected chi connectivity index (χ2v) is 14.0. The first kappa shape index (κ1) is 32.6. The highest BCUT2D eigenvalue weighted by atomic mass is 32.2. The highest BCUT2D eigenvalue weighted by molar-refractivity contribution is 8.02. The van der Waals surface area contributed by atoms with Gasteiger partial charge in [-0.15, -0.1) is 11.8 Å². The summed E-state index contributed by atoms with van der Waals surface area (Å²) in [5, 5.41) is 7.19. The summed E-state index contributed by atoms with van der Waals surface area (Å²) in [6.07, 6.45) is 7.80. The zero-order valence-electron chi connectivity index (χ0n) is 26.9. The first-order valence-corrected chi connectivity index (χ1v) is 16.7. The van der Waals surface area contributed by atoms with Crippen LogP contribution in [0.5, 0.6) is 11.5 Å². The molecule has 6 rings (SSSR count). The number of H-pyrrole nitrogens is 1. The maximum Gasteiger partial charge on any atom is 0.204 e. The first-order chi connectivity index (χ1) is 22.5. The number of hydrogen-bond acceptors (Lipinski definition) is 5. The Hall–Kier alpha value is -4.31. The number of nitrogens with one attached hydrogen (secondary N) is 1. The molecule has 0 fully saturated rings. The lowest BCUT2D eigenvalue weighted by molar-refractivity contribution is -0.107. The van der Waals surface area contributed by atoms with Gasteiger partial charge in [0.25, 0.3) is 0 Å². The van der Waals surface area contributed by atoms with E-state index in [0.29, 0.717) is 29.6 Å². The van der Waals surface area contributed by atoms with Crippen LogP contribution in [0.3, 0.4) is 0 Å². The van der Waals surface area contributed by atoms with Crippen LogP contribution in [0.15, 0.2) is 60.1 Å². The first-order valence-electron chi connectivity index (χ1n) is 15.7. The van der Waals surface area contributed by atoms with Crippen LogP contribution in [0.25, 0.3) is 28.4 Å². The van der Waals surface area contributed by atoms with Crippen LogP contribution in [0, 0.1) is 22.9 Å². The molecule has 3 aromatic carbocycles. The van der Waals surface area contributed by atoms with Crippen molar-refractivity contribution in [1.82, 2.24) is 19.7 Å². The van der Waals surface area contributed by atoms with Gasteiger partial charge < -0.3 is 14.5 Å².